The molecule has 6 nitrogen and oxygen atoms in total. The fourth-order valence-corrected chi connectivity index (χ4v) is 3.62. The molecule has 1 N–H and O–H groups in total. The number of benzene rings is 2. The molecule has 3 rings (SSSR count). The van der Waals surface area contributed by atoms with Gasteiger partial charge in [0.05, 0.1) is 16.3 Å². The highest BCUT2D eigenvalue weighted by Gasteiger charge is 2.16. The average molecular weight is 521 g/mol. The van der Waals surface area contributed by atoms with Gasteiger partial charge in [0.25, 0.3) is 5.91 Å². The molecule has 0 aliphatic carbocycles. The Morgan fingerprint density at radius 2 is 1.83 bits per heavy atom. The van der Waals surface area contributed by atoms with Gasteiger partial charge in [-0.3, -0.25) is 9.78 Å². The number of pyridine rings is 1. The van der Waals surface area contributed by atoms with E-state index in [4.69, 9.17) is 4.74 Å². The lowest BCUT2D eigenvalue weighted by Gasteiger charge is -2.10. The molecule has 0 radical (unpaired) electrons. The third-order valence-corrected chi connectivity index (χ3v) is 4.65. The Morgan fingerprint density at radius 1 is 1.07 bits per heavy atom. The van der Waals surface area contributed by atoms with Crippen molar-refractivity contribution >= 4 is 50.0 Å². The number of halogens is 3. The number of hydrogen-bond donors (Lipinski definition) is 1. The molecule has 9 heteroatoms. The molecule has 1 aromatic heterocycles. The van der Waals surface area contributed by atoms with E-state index in [1.165, 1.54) is 36.8 Å². The number of aromatic nitrogens is 1. The van der Waals surface area contributed by atoms with Crippen LogP contribution < -0.4 is 10.2 Å². The van der Waals surface area contributed by atoms with E-state index in [0.29, 0.717) is 20.1 Å². The summed E-state index contributed by atoms with van der Waals surface area (Å²) < 4.78 is 20.0. The maximum atomic E-state index is 13.4. The van der Waals surface area contributed by atoms with E-state index in [-0.39, 0.29) is 11.3 Å². The summed E-state index contributed by atoms with van der Waals surface area (Å²) >= 11 is 6.68. The van der Waals surface area contributed by atoms with Gasteiger partial charge in [0.15, 0.2) is 5.75 Å². The van der Waals surface area contributed by atoms with Crippen molar-refractivity contribution in [1.29, 1.82) is 0 Å². The van der Waals surface area contributed by atoms with Crippen LogP contribution in [0.4, 0.5) is 4.39 Å². The van der Waals surface area contributed by atoms with Crippen LogP contribution >= 0.6 is 31.9 Å². The first kappa shape index (κ1) is 20.8. The molecule has 0 unspecified atom stereocenters. The fraction of sp³-hybridized carbons (Fsp3) is 0. The van der Waals surface area contributed by atoms with Crippen LogP contribution in [0.3, 0.4) is 0 Å². The molecule has 0 spiro atoms. The lowest BCUT2D eigenvalue weighted by atomic mass is 10.2. The second kappa shape index (κ2) is 9.53. The number of nitrogens with zero attached hydrogens (tertiary/aromatic N) is 2. The van der Waals surface area contributed by atoms with E-state index in [1.807, 2.05) is 0 Å². The number of carbonyl (C=O) groups excluding carboxylic acids is 2. The minimum atomic E-state index is -0.733. The van der Waals surface area contributed by atoms with Gasteiger partial charge in [-0.05, 0) is 58.4 Å². The van der Waals surface area contributed by atoms with Crippen LogP contribution in [0.2, 0.25) is 0 Å². The van der Waals surface area contributed by atoms with Crippen LogP contribution in [0.1, 0.15) is 26.3 Å². The topological polar surface area (TPSA) is 80.6 Å². The molecule has 0 bridgehead atoms. The van der Waals surface area contributed by atoms with Crippen molar-refractivity contribution in [3.8, 4) is 5.75 Å². The Labute approximate surface area is 182 Å². The summed E-state index contributed by atoms with van der Waals surface area (Å²) in [7, 11) is 0. The molecule has 1 heterocycles. The Hall–Kier alpha value is -2.91. The number of esters is 1. The van der Waals surface area contributed by atoms with Crippen molar-refractivity contribution in [2.75, 3.05) is 0 Å². The predicted molar refractivity (Wildman–Crippen MR) is 112 cm³/mol. The maximum absolute atomic E-state index is 13.4. The number of nitrogens with one attached hydrogen (secondary N) is 1. The van der Waals surface area contributed by atoms with Gasteiger partial charge in [-0.2, -0.15) is 5.10 Å². The summed E-state index contributed by atoms with van der Waals surface area (Å²) in [4.78, 5) is 28.3. The molecule has 146 valence electrons. The third kappa shape index (κ3) is 5.55. The number of hydrazone groups is 1. The standard InChI is InChI=1S/C20H12Br2FN3O3/c21-15-8-14(11-25-26-19(27)12-4-6-24-7-5-12)18(17(22)10-15)29-20(28)13-2-1-3-16(23)9-13/h1-11H,(H,26,27)/b25-11+. The molecule has 2 aromatic carbocycles. The zero-order valence-electron chi connectivity index (χ0n) is 14.6. The van der Waals surface area contributed by atoms with Gasteiger partial charge in [0.2, 0.25) is 0 Å². The maximum Gasteiger partial charge on any atom is 0.343 e. The summed E-state index contributed by atoms with van der Waals surface area (Å²) in [5, 5.41) is 3.92. The Kier molecular flexibility index (Phi) is 6.84. The summed E-state index contributed by atoms with van der Waals surface area (Å²) in [5.74, 6) is -1.53. The number of amides is 1. The Morgan fingerprint density at radius 3 is 2.55 bits per heavy atom. The fourth-order valence-electron chi connectivity index (χ4n) is 2.28. The van der Waals surface area contributed by atoms with Crippen molar-refractivity contribution in [3.05, 3.63) is 92.4 Å². The van der Waals surface area contributed by atoms with E-state index >= 15 is 0 Å². The normalized spacial score (nSPS) is 10.7. The average Bonchev–Trinajstić information content (AvgIpc) is 2.71. The van der Waals surface area contributed by atoms with Crippen LogP contribution in [0.5, 0.6) is 5.75 Å². The third-order valence-electron chi connectivity index (χ3n) is 3.60. The van der Waals surface area contributed by atoms with Crippen molar-refractivity contribution in [2.24, 2.45) is 5.10 Å². The van der Waals surface area contributed by atoms with Crippen molar-refractivity contribution in [2.45, 2.75) is 0 Å². The van der Waals surface area contributed by atoms with Gasteiger partial charge < -0.3 is 4.74 Å². The van der Waals surface area contributed by atoms with Crippen molar-refractivity contribution < 1.29 is 18.7 Å². The van der Waals surface area contributed by atoms with Gasteiger partial charge in [-0.15, -0.1) is 0 Å². The monoisotopic (exact) mass is 519 g/mol. The molecule has 1 amide bonds. The molecule has 0 saturated heterocycles. The van der Waals surface area contributed by atoms with Crippen molar-refractivity contribution in [3.63, 3.8) is 0 Å². The van der Waals surface area contributed by atoms with Gasteiger partial charge in [0, 0.05) is 28.0 Å². The van der Waals surface area contributed by atoms with E-state index in [1.54, 1.807) is 24.3 Å². The number of hydrogen-bond acceptors (Lipinski definition) is 5. The van der Waals surface area contributed by atoms with Gasteiger partial charge in [-0.1, -0.05) is 22.0 Å². The van der Waals surface area contributed by atoms with Gasteiger partial charge in [0.1, 0.15) is 5.82 Å². The SMILES string of the molecule is O=C(N/N=C/c1cc(Br)cc(Br)c1OC(=O)c1cccc(F)c1)c1ccncc1. The highest BCUT2D eigenvalue weighted by molar-refractivity contribution is 9.11. The molecule has 29 heavy (non-hydrogen) atoms. The summed E-state index contributed by atoms with van der Waals surface area (Å²) in [6, 6.07) is 11.6. The largest absolute Gasteiger partial charge is 0.421 e. The van der Waals surface area contributed by atoms with Crippen LogP contribution in [0, 0.1) is 5.82 Å². The van der Waals surface area contributed by atoms with Crippen LogP contribution in [-0.2, 0) is 0 Å². The summed E-state index contributed by atoms with van der Waals surface area (Å²) in [6.07, 6.45) is 4.32. The zero-order valence-corrected chi connectivity index (χ0v) is 17.8. The molecule has 0 fully saturated rings. The summed E-state index contributed by atoms with van der Waals surface area (Å²) in [5.41, 5.74) is 3.25. The smallest absolute Gasteiger partial charge is 0.343 e. The lowest BCUT2D eigenvalue weighted by Crippen LogP contribution is -2.17. The second-order valence-electron chi connectivity index (χ2n) is 5.64. The first-order chi connectivity index (χ1) is 13.9. The number of rotatable bonds is 5. The van der Waals surface area contributed by atoms with E-state index in [9.17, 15) is 14.0 Å². The molecule has 0 saturated carbocycles. The predicted octanol–water partition coefficient (Wildman–Crippen LogP) is 4.73. The van der Waals surface area contributed by atoms with Gasteiger partial charge >= 0.3 is 5.97 Å². The quantitative estimate of drug-likeness (QED) is 0.228. The molecule has 0 aliphatic rings. The van der Waals surface area contributed by atoms with Crippen molar-refractivity contribution in [1.82, 2.24) is 10.4 Å². The lowest BCUT2D eigenvalue weighted by molar-refractivity contribution is 0.0732. The molecule has 0 aliphatic heterocycles. The van der Waals surface area contributed by atoms with Crippen LogP contribution in [0.15, 0.2) is 75.0 Å². The minimum absolute atomic E-state index is 0.0636. The highest BCUT2D eigenvalue weighted by atomic mass is 79.9. The van der Waals surface area contributed by atoms with E-state index < -0.39 is 17.7 Å². The summed E-state index contributed by atoms with van der Waals surface area (Å²) in [6.45, 7) is 0. The Bertz CT molecular complexity index is 1090. The van der Waals surface area contributed by atoms with Gasteiger partial charge in [-0.25, -0.2) is 14.6 Å². The zero-order chi connectivity index (χ0) is 20.8. The van der Waals surface area contributed by atoms with E-state index in [0.717, 1.165) is 6.07 Å². The molecule has 0 atom stereocenters. The first-order valence-electron chi connectivity index (χ1n) is 8.14. The molecular weight excluding hydrogens is 509 g/mol. The second-order valence-corrected chi connectivity index (χ2v) is 7.41. The highest BCUT2D eigenvalue weighted by Crippen LogP contribution is 2.32. The number of ether oxygens (including phenoxy) is 1. The molecule has 3 aromatic rings. The molecular formula is C20H12Br2FN3O3. The van der Waals surface area contributed by atoms with Crippen LogP contribution in [-0.4, -0.2) is 23.1 Å². The van der Waals surface area contributed by atoms with E-state index in [2.05, 4.69) is 47.4 Å². The van der Waals surface area contributed by atoms with Crippen LogP contribution in [0.25, 0.3) is 0 Å². The first-order valence-corrected chi connectivity index (χ1v) is 9.73. The minimum Gasteiger partial charge on any atom is -0.421 e. The Balaban J connectivity index is 1.81. The number of carbonyl (C=O) groups is 2.